The van der Waals surface area contributed by atoms with Gasteiger partial charge in [0.05, 0.1) is 23.6 Å². The zero-order chi connectivity index (χ0) is 21.2. The van der Waals surface area contributed by atoms with E-state index in [9.17, 15) is 18.0 Å². The number of alkyl carbamates (subject to hydrolysis) is 1. The van der Waals surface area contributed by atoms with Gasteiger partial charge in [-0.15, -0.1) is 0 Å². The first-order valence-electron chi connectivity index (χ1n) is 8.87. The third-order valence-corrected chi connectivity index (χ3v) is 6.15. The molecule has 1 amide bonds. The summed E-state index contributed by atoms with van der Waals surface area (Å²) in [6.07, 6.45) is -1.50. The summed E-state index contributed by atoms with van der Waals surface area (Å²) in [5.74, 6) is -1.97. The SMILES string of the molecule is CC1(COC(=O)NC(CC(=O)O)CS(=O)(=O)Cl)c2ccccc2-c2ccccc21. The molecule has 1 aliphatic carbocycles. The lowest BCUT2D eigenvalue weighted by Gasteiger charge is -2.27. The van der Waals surface area contributed by atoms with Crippen LogP contribution in [-0.2, 0) is 24.0 Å². The lowest BCUT2D eigenvalue weighted by atomic mass is 9.81. The van der Waals surface area contributed by atoms with Gasteiger partial charge in [-0.05, 0) is 29.2 Å². The number of carboxylic acid groups (broad SMARTS) is 1. The van der Waals surface area contributed by atoms with Crippen LogP contribution in [0.2, 0.25) is 0 Å². The van der Waals surface area contributed by atoms with Crippen molar-refractivity contribution in [2.24, 2.45) is 0 Å². The van der Waals surface area contributed by atoms with Crippen molar-refractivity contribution in [3.8, 4) is 11.1 Å². The number of amides is 1. The molecule has 0 spiro atoms. The van der Waals surface area contributed by atoms with E-state index in [4.69, 9.17) is 20.5 Å². The van der Waals surface area contributed by atoms with Gasteiger partial charge >= 0.3 is 12.1 Å². The second kappa shape index (κ2) is 8.04. The molecule has 1 unspecified atom stereocenters. The van der Waals surface area contributed by atoms with Crippen LogP contribution in [0.15, 0.2) is 48.5 Å². The van der Waals surface area contributed by atoms with Crippen LogP contribution < -0.4 is 5.32 Å². The molecule has 3 rings (SSSR count). The standard InChI is InChI=1S/C20H20ClNO6S/c1-20(12-28-19(25)22-13(10-18(23)24)11-29(21,26)27)16-8-4-2-6-14(16)15-7-3-5-9-17(15)20/h2-9,13H,10-12H2,1H3,(H,22,25)(H,23,24). The van der Waals surface area contributed by atoms with Crippen molar-refractivity contribution in [1.82, 2.24) is 5.32 Å². The number of ether oxygens (including phenoxy) is 1. The number of halogens is 1. The molecule has 2 aromatic carbocycles. The number of hydrogen-bond donors (Lipinski definition) is 2. The van der Waals surface area contributed by atoms with Gasteiger partial charge in [-0.1, -0.05) is 48.5 Å². The minimum atomic E-state index is -4.00. The largest absolute Gasteiger partial charge is 0.481 e. The second-order valence-corrected chi connectivity index (χ2v) is 9.97. The minimum Gasteiger partial charge on any atom is -0.481 e. The molecule has 0 aliphatic heterocycles. The van der Waals surface area contributed by atoms with Gasteiger partial charge in [0.25, 0.3) is 0 Å². The average molecular weight is 438 g/mol. The molecular weight excluding hydrogens is 418 g/mol. The molecule has 0 saturated heterocycles. The van der Waals surface area contributed by atoms with Crippen LogP contribution in [0.5, 0.6) is 0 Å². The fourth-order valence-corrected chi connectivity index (χ4v) is 4.86. The van der Waals surface area contributed by atoms with Crippen molar-refractivity contribution in [2.45, 2.75) is 24.8 Å². The highest BCUT2D eigenvalue weighted by atomic mass is 35.7. The first kappa shape index (κ1) is 21.1. The van der Waals surface area contributed by atoms with Gasteiger partial charge in [-0.25, -0.2) is 13.2 Å². The fourth-order valence-electron chi connectivity index (χ4n) is 3.72. The first-order valence-corrected chi connectivity index (χ1v) is 11.3. The third kappa shape index (κ3) is 4.71. The van der Waals surface area contributed by atoms with Crippen LogP contribution in [-0.4, -0.2) is 44.0 Å². The summed E-state index contributed by atoms with van der Waals surface area (Å²) >= 11 is 0. The van der Waals surface area contributed by atoms with Gasteiger partial charge < -0.3 is 15.2 Å². The van der Waals surface area contributed by atoms with Crippen LogP contribution >= 0.6 is 10.7 Å². The molecule has 1 aliphatic rings. The molecule has 1 atom stereocenters. The predicted molar refractivity (Wildman–Crippen MR) is 108 cm³/mol. The highest BCUT2D eigenvalue weighted by Crippen LogP contribution is 2.48. The molecule has 7 nitrogen and oxygen atoms in total. The summed E-state index contributed by atoms with van der Waals surface area (Å²) in [5.41, 5.74) is 3.56. The van der Waals surface area contributed by atoms with E-state index in [1.165, 1.54) is 0 Å². The van der Waals surface area contributed by atoms with E-state index in [0.29, 0.717) is 0 Å². The maximum atomic E-state index is 12.3. The van der Waals surface area contributed by atoms with Gasteiger partial charge in [0.1, 0.15) is 6.61 Å². The lowest BCUT2D eigenvalue weighted by molar-refractivity contribution is -0.137. The molecule has 0 fully saturated rings. The summed E-state index contributed by atoms with van der Waals surface area (Å²) in [5, 5.41) is 11.2. The van der Waals surface area contributed by atoms with E-state index in [1.807, 2.05) is 55.5 Å². The monoisotopic (exact) mass is 437 g/mol. The summed E-state index contributed by atoms with van der Waals surface area (Å²) in [7, 11) is 1.20. The van der Waals surface area contributed by atoms with E-state index in [-0.39, 0.29) is 6.61 Å². The van der Waals surface area contributed by atoms with Crippen molar-refractivity contribution in [1.29, 1.82) is 0 Å². The van der Waals surface area contributed by atoms with Crippen LogP contribution in [0.1, 0.15) is 24.5 Å². The highest BCUT2D eigenvalue weighted by Gasteiger charge is 2.40. The summed E-state index contributed by atoms with van der Waals surface area (Å²) < 4.78 is 27.9. The Labute approximate surface area is 173 Å². The lowest BCUT2D eigenvalue weighted by Crippen LogP contribution is -2.42. The Morgan fingerprint density at radius 3 is 2.10 bits per heavy atom. The Balaban J connectivity index is 1.76. The zero-order valence-corrected chi connectivity index (χ0v) is 17.2. The predicted octanol–water partition coefficient (Wildman–Crippen LogP) is 3.11. The van der Waals surface area contributed by atoms with Crippen LogP contribution in [0.4, 0.5) is 4.79 Å². The van der Waals surface area contributed by atoms with Crippen LogP contribution in [0, 0.1) is 0 Å². The number of hydrogen-bond acceptors (Lipinski definition) is 5. The topological polar surface area (TPSA) is 110 Å². The average Bonchev–Trinajstić information content (AvgIpc) is 2.88. The van der Waals surface area contributed by atoms with Gasteiger partial charge in [0.15, 0.2) is 0 Å². The Morgan fingerprint density at radius 1 is 1.10 bits per heavy atom. The minimum absolute atomic E-state index is 0.000274. The molecule has 2 aromatic rings. The molecule has 29 heavy (non-hydrogen) atoms. The molecule has 154 valence electrons. The van der Waals surface area contributed by atoms with Gasteiger partial charge in [-0.3, -0.25) is 4.79 Å². The second-order valence-electron chi connectivity index (χ2n) is 7.14. The van der Waals surface area contributed by atoms with E-state index in [0.717, 1.165) is 22.3 Å². The van der Waals surface area contributed by atoms with Gasteiger partial charge in [-0.2, -0.15) is 0 Å². The quantitative estimate of drug-likeness (QED) is 0.644. The van der Waals surface area contributed by atoms with Crippen molar-refractivity contribution < 1.29 is 27.9 Å². The molecule has 2 N–H and O–H groups in total. The Morgan fingerprint density at radius 2 is 1.62 bits per heavy atom. The fraction of sp³-hybridized carbons (Fsp3) is 0.300. The molecule has 0 heterocycles. The normalized spacial score (nSPS) is 15.1. The Hall–Kier alpha value is -2.58. The smallest absolute Gasteiger partial charge is 0.407 e. The number of benzene rings is 2. The number of rotatable bonds is 7. The molecule has 0 bridgehead atoms. The molecular formula is C20H20ClNO6S. The van der Waals surface area contributed by atoms with Crippen molar-refractivity contribution >= 4 is 31.8 Å². The Bertz CT molecular complexity index is 1010. The number of carboxylic acids is 1. The van der Waals surface area contributed by atoms with Crippen LogP contribution in [0.25, 0.3) is 11.1 Å². The number of carbonyl (C=O) groups excluding carboxylic acids is 1. The Kier molecular flexibility index (Phi) is 5.86. The number of aliphatic carboxylic acids is 1. The van der Waals surface area contributed by atoms with Crippen molar-refractivity contribution in [2.75, 3.05) is 12.4 Å². The van der Waals surface area contributed by atoms with E-state index < -0.39 is 44.7 Å². The first-order chi connectivity index (χ1) is 13.6. The van der Waals surface area contributed by atoms with Crippen LogP contribution in [0.3, 0.4) is 0 Å². The number of nitrogens with one attached hydrogen (secondary N) is 1. The molecule has 0 radical (unpaired) electrons. The number of fused-ring (bicyclic) bond motifs is 3. The zero-order valence-electron chi connectivity index (χ0n) is 15.6. The van der Waals surface area contributed by atoms with E-state index >= 15 is 0 Å². The van der Waals surface area contributed by atoms with E-state index in [2.05, 4.69) is 5.32 Å². The maximum absolute atomic E-state index is 12.3. The van der Waals surface area contributed by atoms with Gasteiger partial charge in [0.2, 0.25) is 9.05 Å². The summed E-state index contributed by atoms with van der Waals surface area (Å²) in [6.45, 7) is 1.96. The number of carbonyl (C=O) groups is 2. The maximum Gasteiger partial charge on any atom is 0.407 e. The summed E-state index contributed by atoms with van der Waals surface area (Å²) in [4.78, 5) is 23.2. The summed E-state index contributed by atoms with van der Waals surface area (Å²) in [6, 6.07) is 14.5. The molecule has 0 aromatic heterocycles. The van der Waals surface area contributed by atoms with Crippen molar-refractivity contribution in [3.05, 3.63) is 59.7 Å². The van der Waals surface area contributed by atoms with Gasteiger partial charge in [0, 0.05) is 10.7 Å². The third-order valence-electron chi connectivity index (χ3n) is 4.97. The molecule has 0 saturated carbocycles. The van der Waals surface area contributed by atoms with Crippen molar-refractivity contribution in [3.63, 3.8) is 0 Å². The highest BCUT2D eigenvalue weighted by molar-refractivity contribution is 8.13. The molecule has 9 heteroatoms. The van der Waals surface area contributed by atoms with E-state index in [1.54, 1.807) is 0 Å².